The predicted octanol–water partition coefficient (Wildman–Crippen LogP) is 3.27. The maximum Gasteiger partial charge on any atom is 0.132 e. The van der Waals surface area contributed by atoms with Crippen molar-refractivity contribution in [2.45, 2.75) is 6.92 Å². The zero-order chi connectivity index (χ0) is 8.72. The molecular formula is C9H7ClFN. The smallest absolute Gasteiger partial charge is 0.132 e. The molecule has 1 aromatic heterocycles. The first-order chi connectivity index (χ1) is 5.68. The molecule has 0 fully saturated rings. The first-order valence-electron chi connectivity index (χ1n) is 3.62. The minimum absolute atomic E-state index is 0.237. The Balaban J connectivity index is 2.93. The molecule has 0 unspecified atom stereocenters. The quantitative estimate of drug-likeness (QED) is 0.645. The first-order valence-corrected chi connectivity index (χ1v) is 3.99. The maximum absolute atomic E-state index is 13.1. The summed E-state index contributed by atoms with van der Waals surface area (Å²) in [6.07, 6.45) is 0. The summed E-state index contributed by atoms with van der Waals surface area (Å²) in [6, 6.07) is 4.67. The van der Waals surface area contributed by atoms with Crippen molar-refractivity contribution in [1.29, 1.82) is 0 Å². The van der Waals surface area contributed by atoms with Crippen LogP contribution in [0.5, 0.6) is 0 Å². The summed E-state index contributed by atoms with van der Waals surface area (Å²) in [4.78, 5) is 3.00. The van der Waals surface area contributed by atoms with Crippen LogP contribution in [0.25, 0.3) is 10.9 Å². The second-order valence-electron chi connectivity index (χ2n) is 2.77. The number of hydrogen-bond acceptors (Lipinski definition) is 0. The fourth-order valence-corrected chi connectivity index (χ4v) is 1.50. The van der Waals surface area contributed by atoms with Gasteiger partial charge in [-0.2, -0.15) is 0 Å². The molecule has 0 atom stereocenters. The molecule has 3 heteroatoms. The van der Waals surface area contributed by atoms with Crippen LogP contribution in [0.15, 0.2) is 18.2 Å². The van der Waals surface area contributed by atoms with Crippen LogP contribution in [0, 0.1) is 12.7 Å². The third kappa shape index (κ3) is 0.994. The summed E-state index contributed by atoms with van der Waals surface area (Å²) < 4.78 is 13.1. The van der Waals surface area contributed by atoms with Gasteiger partial charge in [0.1, 0.15) is 5.82 Å². The second-order valence-corrected chi connectivity index (χ2v) is 3.18. The zero-order valence-electron chi connectivity index (χ0n) is 6.49. The Morgan fingerprint density at radius 2 is 2.17 bits per heavy atom. The summed E-state index contributed by atoms with van der Waals surface area (Å²) in [5.74, 6) is -0.237. The number of benzene rings is 1. The van der Waals surface area contributed by atoms with E-state index >= 15 is 0 Å². The Bertz CT molecular complexity index is 394. The lowest BCUT2D eigenvalue weighted by molar-refractivity contribution is 0.640. The van der Waals surface area contributed by atoms with Crippen LogP contribution >= 0.6 is 11.6 Å². The van der Waals surface area contributed by atoms with Crippen LogP contribution in [0.3, 0.4) is 0 Å². The molecule has 12 heavy (non-hydrogen) atoms. The van der Waals surface area contributed by atoms with Gasteiger partial charge in [-0.25, -0.2) is 4.39 Å². The highest BCUT2D eigenvalue weighted by Crippen LogP contribution is 2.25. The van der Waals surface area contributed by atoms with Gasteiger partial charge in [0.25, 0.3) is 0 Å². The van der Waals surface area contributed by atoms with E-state index in [1.54, 1.807) is 12.1 Å². The van der Waals surface area contributed by atoms with Crippen LogP contribution in [0.4, 0.5) is 4.39 Å². The third-order valence-electron chi connectivity index (χ3n) is 1.82. The number of nitrogens with one attached hydrogen (secondary N) is 1. The Labute approximate surface area is 74.2 Å². The number of hydrogen-bond donors (Lipinski definition) is 1. The molecule has 0 aliphatic carbocycles. The molecule has 1 N–H and O–H groups in total. The molecule has 0 bridgehead atoms. The molecule has 0 aliphatic rings. The van der Waals surface area contributed by atoms with Gasteiger partial charge in [0.2, 0.25) is 0 Å². The average Bonchev–Trinajstić information content (AvgIpc) is 2.41. The van der Waals surface area contributed by atoms with Crippen molar-refractivity contribution in [3.63, 3.8) is 0 Å². The van der Waals surface area contributed by atoms with Crippen molar-refractivity contribution in [3.05, 3.63) is 34.7 Å². The van der Waals surface area contributed by atoms with Crippen molar-refractivity contribution in [2.75, 3.05) is 0 Å². The Kier molecular flexibility index (Phi) is 1.58. The summed E-state index contributed by atoms with van der Waals surface area (Å²) in [5, 5.41) is 1.11. The van der Waals surface area contributed by atoms with Crippen molar-refractivity contribution in [1.82, 2.24) is 4.98 Å². The predicted molar refractivity (Wildman–Crippen MR) is 48.0 cm³/mol. The van der Waals surface area contributed by atoms with Gasteiger partial charge in [0.05, 0.1) is 10.5 Å². The molecule has 0 aliphatic heterocycles. The second kappa shape index (κ2) is 2.49. The molecule has 1 nitrogen and oxygen atoms in total. The monoisotopic (exact) mass is 183 g/mol. The van der Waals surface area contributed by atoms with E-state index in [0.717, 1.165) is 5.69 Å². The normalized spacial score (nSPS) is 10.9. The molecule has 0 saturated heterocycles. The van der Waals surface area contributed by atoms with Gasteiger partial charge in [-0.05, 0) is 25.1 Å². The minimum atomic E-state index is -0.237. The summed E-state index contributed by atoms with van der Waals surface area (Å²) in [7, 11) is 0. The summed E-state index contributed by atoms with van der Waals surface area (Å²) in [5.41, 5.74) is 1.59. The van der Waals surface area contributed by atoms with E-state index in [0.29, 0.717) is 15.9 Å². The molecule has 1 heterocycles. The van der Waals surface area contributed by atoms with E-state index in [9.17, 15) is 4.39 Å². The highest BCUT2D eigenvalue weighted by molar-refractivity contribution is 6.35. The zero-order valence-corrected chi connectivity index (χ0v) is 7.24. The van der Waals surface area contributed by atoms with Crippen molar-refractivity contribution in [3.8, 4) is 0 Å². The molecule has 1 aromatic carbocycles. The van der Waals surface area contributed by atoms with E-state index in [-0.39, 0.29) is 5.82 Å². The Morgan fingerprint density at radius 3 is 2.83 bits per heavy atom. The lowest BCUT2D eigenvalue weighted by Gasteiger charge is -1.93. The molecule has 0 radical (unpaired) electrons. The number of H-pyrrole nitrogens is 1. The van der Waals surface area contributed by atoms with E-state index in [1.807, 2.05) is 6.92 Å². The summed E-state index contributed by atoms with van der Waals surface area (Å²) in [6.45, 7) is 1.87. The number of aryl methyl sites for hydroxylation is 1. The lowest BCUT2D eigenvalue weighted by Crippen LogP contribution is -1.75. The van der Waals surface area contributed by atoms with Gasteiger partial charge < -0.3 is 4.98 Å². The van der Waals surface area contributed by atoms with Gasteiger partial charge in [-0.3, -0.25) is 0 Å². The van der Waals surface area contributed by atoms with Crippen LogP contribution in [0.2, 0.25) is 5.02 Å². The molecule has 0 spiro atoms. The van der Waals surface area contributed by atoms with E-state index < -0.39 is 0 Å². The van der Waals surface area contributed by atoms with Crippen molar-refractivity contribution in [2.24, 2.45) is 0 Å². The SMILES string of the molecule is Cc1cc2c(F)ccc(Cl)c2[nH]1. The van der Waals surface area contributed by atoms with Crippen LogP contribution in [-0.2, 0) is 0 Å². The van der Waals surface area contributed by atoms with Gasteiger partial charge >= 0.3 is 0 Å². The Hall–Kier alpha value is -1.02. The molecule has 62 valence electrons. The maximum atomic E-state index is 13.1. The number of aromatic amines is 1. The highest BCUT2D eigenvalue weighted by Gasteiger charge is 2.05. The minimum Gasteiger partial charge on any atom is -0.357 e. The summed E-state index contributed by atoms with van der Waals surface area (Å²) >= 11 is 5.84. The topological polar surface area (TPSA) is 15.8 Å². The third-order valence-corrected chi connectivity index (χ3v) is 2.14. The van der Waals surface area contributed by atoms with E-state index in [2.05, 4.69) is 4.98 Å². The van der Waals surface area contributed by atoms with Crippen molar-refractivity contribution < 1.29 is 4.39 Å². The average molecular weight is 184 g/mol. The fourth-order valence-electron chi connectivity index (χ4n) is 1.29. The number of halogens is 2. The van der Waals surface area contributed by atoms with E-state index in [4.69, 9.17) is 11.6 Å². The lowest BCUT2D eigenvalue weighted by atomic mass is 10.2. The fraction of sp³-hybridized carbons (Fsp3) is 0.111. The van der Waals surface area contributed by atoms with Gasteiger partial charge in [0.15, 0.2) is 0 Å². The van der Waals surface area contributed by atoms with Crippen LogP contribution in [-0.4, -0.2) is 4.98 Å². The van der Waals surface area contributed by atoms with E-state index in [1.165, 1.54) is 6.07 Å². The molecule has 0 saturated carbocycles. The molecular weight excluding hydrogens is 177 g/mol. The van der Waals surface area contributed by atoms with Gasteiger partial charge in [-0.1, -0.05) is 11.6 Å². The van der Waals surface area contributed by atoms with Crippen LogP contribution < -0.4 is 0 Å². The highest BCUT2D eigenvalue weighted by atomic mass is 35.5. The number of fused-ring (bicyclic) bond motifs is 1. The first kappa shape index (κ1) is 7.62. The number of rotatable bonds is 0. The largest absolute Gasteiger partial charge is 0.357 e. The van der Waals surface area contributed by atoms with Crippen LogP contribution in [0.1, 0.15) is 5.69 Å². The Morgan fingerprint density at radius 1 is 1.42 bits per heavy atom. The molecule has 2 rings (SSSR count). The van der Waals surface area contributed by atoms with Crippen molar-refractivity contribution >= 4 is 22.5 Å². The van der Waals surface area contributed by atoms with Gasteiger partial charge in [0, 0.05) is 11.1 Å². The van der Waals surface area contributed by atoms with Gasteiger partial charge in [-0.15, -0.1) is 0 Å². The number of aromatic nitrogens is 1. The molecule has 2 aromatic rings. The molecule has 0 amide bonds. The standard InChI is InChI=1S/C9H7ClFN/c1-5-4-6-8(11)3-2-7(10)9(6)12-5/h2-4,12H,1H3.